The Morgan fingerprint density at radius 3 is 1.72 bits per heavy atom. The first kappa shape index (κ1) is 34.2. The largest absolute Gasteiger partial charge is 0.336 e. The first-order valence-corrected chi connectivity index (χ1v) is 16.6. The molecule has 0 aliphatic carbocycles. The number of nitrogens with zero attached hydrogens (tertiary/aromatic N) is 2. The molecular weight excluding hydrogens is 510 g/mol. The van der Waals surface area contributed by atoms with E-state index in [2.05, 4.69) is 39.7 Å². The zero-order valence-corrected chi connectivity index (χ0v) is 25.1. The van der Waals surface area contributed by atoms with Crippen LogP contribution in [0.1, 0.15) is 117 Å². The van der Waals surface area contributed by atoms with Crippen LogP contribution in [0.4, 0.5) is 21.9 Å². The third kappa shape index (κ3) is 14.8. The van der Waals surface area contributed by atoms with Gasteiger partial charge in [0.15, 0.2) is 21.2 Å². The van der Waals surface area contributed by atoms with Gasteiger partial charge in [-0.2, -0.15) is 0 Å². The number of anilines is 1. The number of nitrogens with one attached hydrogen (secondary N) is 3. The number of hydrogen-bond donors (Lipinski definition) is 3. The maximum Gasteiger partial charge on any atom is 0.333 e. The lowest BCUT2D eigenvalue weighted by atomic mass is 9.94. The van der Waals surface area contributed by atoms with E-state index in [1.807, 2.05) is 0 Å². The van der Waals surface area contributed by atoms with Crippen molar-refractivity contribution >= 4 is 32.9 Å². The van der Waals surface area contributed by atoms with Crippen molar-refractivity contribution < 1.29 is 13.2 Å². The van der Waals surface area contributed by atoms with E-state index >= 15 is 0 Å². The molecule has 0 radical (unpaired) electrons. The van der Waals surface area contributed by atoms with Gasteiger partial charge in [-0.25, -0.2) is 13.2 Å². The first-order chi connectivity index (χ1) is 18.8. The van der Waals surface area contributed by atoms with E-state index < -0.39 is 15.9 Å². The Morgan fingerprint density at radius 2 is 1.26 bits per heavy atom. The molecule has 1 aromatic carbocycles. The van der Waals surface area contributed by atoms with Crippen LogP contribution in [0.3, 0.4) is 0 Å². The molecule has 39 heavy (non-hydrogen) atoms. The second kappa shape index (κ2) is 20.2. The van der Waals surface area contributed by atoms with E-state index in [1.54, 1.807) is 0 Å². The Bertz CT molecular complexity index is 1040. The van der Waals surface area contributed by atoms with Gasteiger partial charge < -0.3 is 5.32 Å². The van der Waals surface area contributed by atoms with Gasteiger partial charge in [0.2, 0.25) is 0 Å². The summed E-state index contributed by atoms with van der Waals surface area (Å²) < 4.78 is 24.5. The highest BCUT2D eigenvalue weighted by Gasteiger charge is 2.18. The molecule has 218 valence electrons. The normalized spacial score (nSPS) is 11.8. The summed E-state index contributed by atoms with van der Waals surface area (Å²) in [5.74, 6) is 0.403. The van der Waals surface area contributed by atoms with Gasteiger partial charge >= 0.3 is 6.03 Å². The maximum absolute atomic E-state index is 12.6. The van der Waals surface area contributed by atoms with Crippen molar-refractivity contribution in [3.05, 3.63) is 35.0 Å². The van der Waals surface area contributed by atoms with Crippen LogP contribution >= 0.6 is 0 Å². The van der Waals surface area contributed by atoms with E-state index in [9.17, 15) is 13.2 Å². The number of carbonyl (C=O) groups excluding carboxylic acids is 1. The molecule has 1 aromatic rings. The second-order valence-electron chi connectivity index (χ2n) is 10.5. The number of unbranched alkanes of at least 4 members (excludes halogenated alkanes) is 12. The van der Waals surface area contributed by atoms with Crippen molar-refractivity contribution in [2.24, 2.45) is 5.92 Å². The van der Waals surface area contributed by atoms with Crippen molar-refractivity contribution in [1.82, 2.24) is 10.7 Å². The molecule has 0 saturated carbocycles. The monoisotopic (exact) mass is 559 g/mol. The van der Waals surface area contributed by atoms with Crippen LogP contribution in [0.2, 0.25) is 0 Å². The lowest BCUT2D eigenvalue weighted by Gasteiger charge is -2.19. The fourth-order valence-electron chi connectivity index (χ4n) is 4.68. The molecule has 0 saturated heterocycles. The lowest BCUT2D eigenvalue weighted by molar-refractivity contribution is 0.239. The standard InChI is InChI=1S/C30H49N5O3S/c1-6-8-10-12-14-15-17-19-21-25(20-18-16-13-11-9-7-2)24-33-30(36)35-34-28-22-26(31-3)27(32-4)23-29(28)39(5,37)38/h22-23,25,34H,6-21,24H2,1-2,5H3,(H2,33,35,36). The molecule has 1 atom stereocenters. The quantitative estimate of drug-likeness (QED) is 0.0797. The van der Waals surface area contributed by atoms with E-state index in [0.717, 1.165) is 31.6 Å². The zero-order chi connectivity index (χ0) is 28.9. The average Bonchev–Trinajstić information content (AvgIpc) is 2.92. The van der Waals surface area contributed by atoms with Gasteiger partial charge in [-0.05, 0) is 30.9 Å². The predicted molar refractivity (Wildman–Crippen MR) is 161 cm³/mol. The SMILES string of the molecule is [C-]#[N+]c1cc(NNC(=O)NCC(CCCCCCCC)CCCCCCCCCC)c(S(C)(=O)=O)cc1[N+]#[C-]. The van der Waals surface area contributed by atoms with Gasteiger partial charge in [0.1, 0.15) is 0 Å². The van der Waals surface area contributed by atoms with Crippen LogP contribution in [0.15, 0.2) is 17.0 Å². The Hall–Kier alpha value is -2.78. The van der Waals surface area contributed by atoms with E-state index in [4.69, 9.17) is 13.1 Å². The number of rotatable bonds is 21. The molecule has 0 aliphatic heterocycles. The Labute approximate surface area is 237 Å². The molecule has 0 aliphatic rings. The van der Waals surface area contributed by atoms with Gasteiger partial charge in [0, 0.05) is 12.8 Å². The number of urea groups is 1. The van der Waals surface area contributed by atoms with Crippen molar-refractivity contribution in [3.8, 4) is 0 Å². The average molecular weight is 560 g/mol. The molecule has 2 amide bonds. The molecule has 0 aromatic heterocycles. The summed E-state index contributed by atoms with van der Waals surface area (Å²) in [7, 11) is -3.69. The lowest BCUT2D eigenvalue weighted by Crippen LogP contribution is -2.41. The van der Waals surface area contributed by atoms with Gasteiger partial charge in [-0.15, -0.1) is 0 Å². The van der Waals surface area contributed by atoms with Gasteiger partial charge in [-0.1, -0.05) is 104 Å². The van der Waals surface area contributed by atoms with Crippen LogP contribution in [0.25, 0.3) is 9.69 Å². The highest BCUT2D eigenvalue weighted by molar-refractivity contribution is 7.90. The summed E-state index contributed by atoms with van der Waals surface area (Å²) in [6.45, 7) is 19.5. The van der Waals surface area contributed by atoms with Crippen molar-refractivity contribution in [3.63, 3.8) is 0 Å². The van der Waals surface area contributed by atoms with Crippen molar-refractivity contribution in [1.29, 1.82) is 0 Å². The number of hydrazine groups is 1. The molecule has 1 rings (SSSR count). The van der Waals surface area contributed by atoms with Gasteiger partial charge in [-0.3, -0.25) is 20.5 Å². The molecule has 0 fully saturated rings. The Kier molecular flexibility index (Phi) is 17.7. The van der Waals surface area contributed by atoms with Gasteiger partial charge in [0.05, 0.1) is 23.7 Å². The molecule has 9 heteroatoms. The zero-order valence-electron chi connectivity index (χ0n) is 24.3. The number of sulfone groups is 1. The van der Waals surface area contributed by atoms with Crippen LogP contribution in [0, 0.1) is 19.1 Å². The van der Waals surface area contributed by atoms with E-state index in [1.165, 1.54) is 89.5 Å². The summed E-state index contributed by atoms with van der Waals surface area (Å²) in [4.78, 5) is 19.0. The molecular formula is C30H49N5O3S. The van der Waals surface area contributed by atoms with E-state index in [0.29, 0.717) is 12.5 Å². The summed E-state index contributed by atoms with van der Waals surface area (Å²) in [5.41, 5.74) is 5.18. The summed E-state index contributed by atoms with van der Waals surface area (Å²) in [6, 6.07) is 1.98. The smallest absolute Gasteiger partial charge is 0.333 e. The van der Waals surface area contributed by atoms with Crippen LogP contribution in [-0.2, 0) is 9.84 Å². The molecule has 0 heterocycles. The Balaban J connectivity index is 2.63. The summed E-state index contributed by atoms with van der Waals surface area (Å²) in [5, 5.41) is 2.93. The molecule has 8 nitrogen and oxygen atoms in total. The third-order valence-corrected chi connectivity index (χ3v) is 8.15. The summed E-state index contributed by atoms with van der Waals surface area (Å²) in [6.07, 6.45) is 20.9. The topological polar surface area (TPSA) is 96.0 Å². The fourth-order valence-corrected chi connectivity index (χ4v) is 5.51. The number of carbonyl (C=O) groups is 1. The first-order valence-electron chi connectivity index (χ1n) is 14.7. The minimum Gasteiger partial charge on any atom is -0.336 e. The number of amides is 2. The Morgan fingerprint density at radius 1 is 0.795 bits per heavy atom. The van der Waals surface area contributed by atoms with Crippen molar-refractivity contribution in [2.45, 2.75) is 121 Å². The molecule has 0 bridgehead atoms. The van der Waals surface area contributed by atoms with Crippen LogP contribution < -0.4 is 16.2 Å². The van der Waals surface area contributed by atoms with Crippen molar-refractivity contribution in [2.75, 3.05) is 18.2 Å². The maximum atomic E-state index is 12.6. The highest BCUT2D eigenvalue weighted by Crippen LogP contribution is 2.36. The highest BCUT2D eigenvalue weighted by atomic mass is 32.2. The predicted octanol–water partition coefficient (Wildman–Crippen LogP) is 8.72. The second-order valence-corrected chi connectivity index (χ2v) is 12.5. The minimum atomic E-state index is -3.69. The van der Waals surface area contributed by atoms with Gasteiger partial charge in [0.25, 0.3) is 0 Å². The fraction of sp³-hybridized carbons (Fsp3) is 0.700. The van der Waals surface area contributed by atoms with Crippen LogP contribution in [-0.4, -0.2) is 27.2 Å². The minimum absolute atomic E-state index is 0.0199. The third-order valence-electron chi connectivity index (χ3n) is 7.01. The molecule has 0 spiro atoms. The van der Waals surface area contributed by atoms with E-state index in [-0.39, 0.29) is 22.0 Å². The van der Waals surface area contributed by atoms with Crippen LogP contribution in [0.5, 0.6) is 0 Å². The number of benzene rings is 1. The molecule has 3 N–H and O–H groups in total. The summed E-state index contributed by atoms with van der Waals surface area (Å²) >= 11 is 0. The molecule has 1 unspecified atom stereocenters. The number of hydrogen-bond acceptors (Lipinski definition) is 4.